The van der Waals surface area contributed by atoms with E-state index < -0.39 is 11.6 Å². The molecule has 0 N–H and O–H groups in total. The van der Waals surface area contributed by atoms with Gasteiger partial charge in [0.25, 0.3) is 11.8 Å². The summed E-state index contributed by atoms with van der Waals surface area (Å²) in [6.45, 7) is 1.33. The molecule has 136 valence electrons. The molecule has 0 radical (unpaired) electrons. The van der Waals surface area contributed by atoms with Crippen LogP contribution in [0.2, 0.25) is 0 Å². The highest BCUT2D eigenvalue weighted by molar-refractivity contribution is 5.95. The summed E-state index contributed by atoms with van der Waals surface area (Å²) in [5, 5.41) is 3.85. The molecule has 8 heteroatoms. The maximum absolute atomic E-state index is 13.3. The van der Waals surface area contributed by atoms with E-state index in [1.54, 1.807) is 11.0 Å². The first-order chi connectivity index (χ1) is 12.5. The number of halogens is 2. The molecule has 0 atom stereocenters. The van der Waals surface area contributed by atoms with Crippen LogP contribution in [0, 0.1) is 11.6 Å². The summed E-state index contributed by atoms with van der Waals surface area (Å²) in [6, 6.07) is 4.78. The lowest BCUT2D eigenvalue weighted by Gasteiger charge is -2.34. The summed E-state index contributed by atoms with van der Waals surface area (Å²) in [5.41, 5.74) is 0.376. The first-order valence-electron chi connectivity index (χ1n) is 8.53. The lowest BCUT2D eigenvalue weighted by Crippen LogP contribution is -2.50. The number of rotatable bonds is 3. The van der Waals surface area contributed by atoms with Crippen LogP contribution in [0.3, 0.4) is 0 Å². The van der Waals surface area contributed by atoms with E-state index in [1.807, 2.05) is 0 Å². The Labute approximate surface area is 148 Å². The Morgan fingerprint density at radius 1 is 0.962 bits per heavy atom. The molecule has 4 rings (SSSR count). The van der Waals surface area contributed by atoms with Crippen LogP contribution in [0.15, 0.2) is 28.8 Å². The summed E-state index contributed by atoms with van der Waals surface area (Å²) in [7, 11) is 0. The van der Waals surface area contributed by atoms with E-state index in [1.165, 1.54) is 11.0 Å². The second kappa shape index (κ2) is 6.51. The van der Waals surface area contributed by atoms with Crippen molar-refractivity contribution >= 4 is 11.8 Å². The highest BCUT2D eigenvalue weighted by Crippen LogP contribution is 2.40. The van der Waals surface area contributed by atoms with Crippen molar-refractivity contribution in [3.05, 3.63) is 52.9 Å². The largest absolute Gasteiger partial charge is 0.360 e. The molecule has 1 saturated carbocycles. The second-order valence-corrected chi connectivity index (χ2v) is 6.60. The number of carbonyl (C=O) groups excluding carboxylic acids is 2. The zero-order valence-electron chi connectivity index (χ0n) is 14.0. The van der Waals surface area contributed by atoms with Crippen molar-refractivity contribution in [1.82, 2.24) is 15.0 Å². The number of hydrogen-bond donors (Lipinski definition) is 0. The van der Waals surface area contributed by atoms with Crippen LogP contribution in [0.1, 0.15) is 45.4 Å². The lowest BCUT2D eigenvalue weighted by atomic mass is 10.1. The van der Waals surface area contributed by atoms with Gasteiger partial charge in [0.1, 0.15) is 5.76 Å². The maximum Gasteiger partial charge on any atom is 0.276 e. The van der Waals surface area contributed by atoms with Crippen LogP contribution in [-0.2, 0) is 0 Å². The van der Waals surface area contributed by atoms with Crippen LogP contribution in [0.5, 0.6) is 0 Å². The van der Waals surface area contributed by atoms with E-state index in [2.05, 4.69) is 5.16 Å². The van der Waals surface area contributed by atoms with Crippen LogP contribution in [0.25, 0.3) is 0 Å². The molecule has 1 aromatic carbocycles. The van der Waals surface area contributed by atoms with Crippen LogP contribution >= 0.6 is 0 Å². The average molecular weight is 361 g/mol. The smallest absolute Gasteiger partial charge is 0.276 e. The number of aromatic nitrogens is 1. The zero-order chi connectivity index (χ0) is 18.3. The molecule has 2 aromatic rings. The highest BCUT2D eigenvalue weighted by atomic mass is 19.2. The Morgan fingerprint density at radius 3 is 2.23 bits per heavy atom. The van der Waals surface area contributed by atoms with Gasteiger partial charge in [0.05, 0.1) is 0 Å². The maximum atomic E-state index is 13.3. The molecule has 6 nitrogen and oxygen atoms in total. The van der Waals surface area contributed by atoms with Crippen molar-refractivity contribution in [1.29, 1.82) is 0 Å². The van der Waals surface area contributed by atoms with Crippen molar-refractivity contribution < 1.29 is 22.9 Å². The fourth-order valence-electron chi connectivity index (χ4n) is 3.04. The van der Waals surface area contributed by atoms with E-state index in [-0.39, 0.29) is 23.1 Å². The molecule has 2 amide bonds. The molecule has 1 aliphatic carbocycles. The number of hydrogen-bond acceptors (Lipinski definition) is 4. The number of piperazine rings is 1. The Bertz CT molecular complexity index is 855. The molecule has 1 saturated heterocycles. The zero-order valence-corrected chi connectivity index (χ0v) is 14.0. The van der Waals surface area contributed by atoms with Crippen molar-refractivity contribution in [3.63, 3.8) is 0 Å². The normalized spacial score (nSPS) is 17.5. The summed E-state index contributed by atoms with van der Waals surface area (Å²) < 4.78 is 31.5. The molecule has 0 unspecified atom stereocenters. The van der Waals surface area contributed by atoms with E-state index in [0.717, 1.165) is 30.7 Å². The molecule has 0 spiro atoms. The third kappa shape index (κ3) is 3.18. The monoisotopic (exact) mass is 361 g/mol. The molecule has 0 bridgehead atoms. The standard InChI is InChI=1S/C18H17F2N3O3/c19-13-4-3-12(9-14(13)20)17(24)22-5-7-23(8-6-22)18(25)15-10-16(26-21-15)11-1-2-11/h3-4,9-11H,1-2,5-8H2. The minimum absolute atomic E-state index is 0.0919. The van der Waals surface area contributed by atoms with Gasteiger partial charge in [-0.25, -0.2) is 8.78 Å². The van der Waals surface area contributed by atoms with E-state index in [0.29, 0.717) is 32.1 Å². The number of nitrogens with zero attached hydrogens (tertiary/aromatic N) is 3. The molecular formula is C18H17F2N3O3. The van der Waals surface area contributed by atoms with Gasteiger partial charge in [-0.05, 0) is 31.0 Å². The van der Waals surface area contributed by atoms with Gasteiger partial charge in [0, 0.05) is 43.7 Å². The Balaban J connectivity index is 1.37. The highest BCUT2D eigenvalue weighted by Gasteiger charge is 2.31. The quantitative estimate of drug-likeness (QED) is 0.842. The fourth-order valence-corrected chi connectivity index (χ4v) is 3.04. The van der Waals surface area contributed by atoms with Gasteiger partial charge in [-0.2, -0.15) is 0 Å². The minimum atomic E-state index is -1.05. The van der Waals surface area contributed by atoms with E-state index in [4.69, 9.17) is 4.52 Å². The first-order valence-corrected chi connectivity index (χ1v) is 8.53. The Kier molecular flexibility index (Phi) is 4.18. The second-order valence-electron chi connectivity index (χ2n) is 6.60. The number of amides is 2. The predicted molar refractivity (Wildman–Crippen MR) is 86.6 cm³/mol. The van der Waals surface area contributed by atoms with E-state index >= 15 is 0 Å². The van der Waals surface area contributed by atoms with Crippen LogP contribution < -0.4 is 0 Å². The molecular weight excluding hydrogens is 344 g/mol. The van der Waals surface area contributed by atoms with Gasteiger partial charge in [0.15, 0.2) is 17.3 Å². The van der Waals surface area contributed by atoms with Crippen molar-refractivity contribution in [2.75, 3.05) is 26.2 Å². The molecule has 26 heavy (non-hydrogen) atoms. The van der Waals surface area contributed by atoms with Gasteiger partial charge >= 0.3 is 0 Å². The summed E-state index contributed by atoms with van der Waals surface area (Å²) >= 11 is 0. The molecule has 2 fully saturated rings. The lowest BCUT2D eigenvalue weighted by molar-refractivity contribution is 0.0529. The predicted octanol–water partition coefficient (Wildman–Crippen LogP) is 2.43. The van der Waals surface area contributed by atoms with Gasteiger partial charge in [-0.1, -0.05) is 5.16 Å². The van der Waals surface area contributed by atoms with Crippen molar-refractivity contribution in [3.8, 4) is 0 Å². The first kappa shape index (κ1) is 16.7. The fraction of sp³-hybridized carbons (Fsp3) is 0.389. The topological polar surface area (TPSA) is 66.7 Å². The third-order valence-electron chi connectivity index (χ3n) is 4.75. The third-order valence-corrected chi connectivity index (χ3v) is 4.75. The number of carbonyl (C=O) groups is 2. The Hall–Kier alpha value is -2.77. The van der Waals surface area contributed by atoms with E-state index in [9.17, 15) is 18.4 Å². The van der Waals surface area contributed by atoms with Crippen molar-refractivity contribution in [2.45, 2.75) is 18.8 Å². The van der Waals surface area contributed by atoms with Gasteiger partial charge in [-0.15, -0.1) is 0 Å². The SMILES string of the molecule is O=C(c1ccc(F)c(F)c1)N1CCN(C(=O)c2cc(C3CC3)on2)CC1. The average Bonchev–Trinajstić information content (AvgIpc) is 3.40. The summed E-state index contributed by atoms with van der Waals surface area (Å²) in [4.78, 5) is 28.0. The summed E-state index contributed by atoms with van der Waals surface area (Å²) in [6.07, 6.45) is 2.13. The number of benzene rings is 1. The minimum Gasteiger partial charge on any atom is -0.360 e. The van der Waals surface area contributed by atoms with Gasteiger partial charge < -0.3 is 14.3 Å². The molecule has 2 aliphatic rings. The van der Waals surface area contributed by atoms with Gasteiger partial charge in [-0.3, -0.25) is 9.59 Å². The Morgan fingerprint density at radius 2 is 1.62 bits per heavy atom. The van der Waals surface area contributed by atoms with Crippen LogP contribution in [-0.4, -0.2) is 52.9 Å². The molecule has 2 heterocycles. The summed E-state index contributed by atoms with van der Waals surface area (Å²) in [5.74, 6) is -1.51. The molecule has 1 aliphatic heterocycles. The van der Waals surface area contributed by atoms with Crippen molar-refractivity contribution in [2.24, 2.45) is 0 Å². The molecule has 1 aromatic heterocycles. The van der Waals surface area contributed by atoms with Gasteiger partial charge in [0.2, 0.25) is 0 Å². The van der Waals surface area contributed by atoms with Crippen LogP contribution in [0.4, 0.5) is 8.78 Å².